The van der Waals surface area contributed by atoms with Crippen molar-refractivity contribution < 1.29 is 9.53 Å². The number of ether oxygens (including phenoxy) is 1. The van der Waals surface area contributed by atoms with Gasteiger partial charge in [0, 0.05) is 11.1 Å². The van der Waals surface area contributed by atoms with E-state index in [1.54, 1.807) is 29.0 Å². The van der Waals surface area contributed by atoms with E-state index in [1.807, 2.05) is 24.4 Å². The van der Waals surface area contributed by atoms with Gasteiger partial charge in [-0.25, -0.2) is 9.78 Å². The van der Waals surface area contributed by atoms with Gasteiger partial charge in [0.15, 0.2) is 0 Å². The van der Waals surface area contributed by atoms with Crippen molar-refractivity contribution in [2.45, 2.75) is 13.0 Å². The largest absolute Gasteiger partial charge is 0.465 e. The van der Waals surface area contributed by atoms with Gasteiger partial charge in [0.05, 0.1) is 29.9 Å². The third-order valence-corrected chi connectivity index (χ3v) is 3.17. The maximum atomic E-state index is 11.4. The number of esters is 1. The molecule has 0 aliphatic rings. The van der Waals surface area contributed by atoms with Crippen LogP contribution in [0.25, 0.3) is 0 Å². The first-order valence-electron chi connectivity index (χ1n) is 5.53. The molecule has 1 N–H and O–H groups in total. The summed E-state index contributed by atoms with van der Waals surface area (Å²) in [6.45, 7) is 2.03. The summed E-state index contributed by atoms with van der Waals surface area (Å²) in [6, 6.07) is 7.33. The molecule has 94 valence electrons. The maximum absolute atomic E-state index is 11.4. The molecule has 0 saturated heterocycles. The molecule has 0 spiro atoms. The van der Waals surface area contributed by atoms with Crippen LogP contribution in [-0.2, 0) is 4.74 Å². The number of thiazole rings is 1. The summed E-state index contributed by atoms with van der Waals surface area (Å²) in [5.74, 6) is -0.333. The van der Waals surface area contributed by atoms with Gasteiger partial charge in [-0.15, -0.1) is 11.3 Å². The van der Waals surface area contributed by atoms with Crippen LogP contribution in [-0.4, -0.2) is 18.1 Å². The number of hydrogen-bond donors (Lipinski definition) is 1. The van der Waals surface area contributed by atoms with Crippen LogP contribution in [0.5, 0.6) is 0 Å². The molecular formula is C13H14N2O2S. The summed E-state index contributed by atoms with van der Waals surface area (Å²) >= 11 is 1.56. The Morgan fingerprint density at radius 3 is 3.00 bits per heavy atom. The van der Waals surface area contributed by atoms with Crippen LogP contribution in [0.4, 0.5) is 5.69 Å². The average molecular weight is 262 g/mol. The Kier molecular flexibility index (Phi) is 3.94. The highest BCUT2D eigenvalue weighted by molar-refractivity contribution is 7.07. The van der Waals surface area contributed by atoms with Gasteiger partial charge in [-0.3, -0.25) is 0 Å². The second-order valence-corrected chi connectivity index (χ2v) is 4.57. The molecule has 1 atom stereocenters. The first-order chi connectivity index (χ1) is 8.70. The molecule has 0 bridgehead atoms. The Morgan fingerprint density at radius 2 is 2.33 bits per heavy atom. The third-order valence-electron chi connectivity index (χ3n) is 2.56. The summed E-state index contributed by atoms with van der Waals surface area (Å²) < 4.78 is 4.69. The molecule has 0 amide bonds. The highest BCUT2D eigenvalue weighted by atomic mass is 32.1. The van der Waals surface area contributed by atoms with Gasteiger partial charge in [-0.05, 0) is 25.1 Å². The number of nitrogens with zero attached hydrogens (tertiary/aromatic N) is 1. The van der Waals surface area contributed by atoms with E-state index in [2.05, 4.69) is 10.3 Å². The Morgan fingerprint density at radius 1 is 1.50 bits per heavy atom. The standard InChI is InChI=1S/C13H14N2O2S/c1-9(12-7-18-8-14-12)15-11-5-3-4-10(6-11)13(16)17-2/h3-9,15H,1-2H3. The number of carbonyl (C=O) groups is 1. The topological polar surface area (TPSA) is 51.2 Å². The van der Waals surface area contributed by atoms with Crippen molar-refractivity contribution in [1.29, 1.82) is 0 Å². The normalized spacial score (nSPS) is 11.9. The van der Waals surface area contributed by atoms with E-state index in [9.17, 15) is 4.79 Å². The molecule has 2 aromatic rings. The SMILES string of the molecule is COC(=O)c1cccc(NC(C)c2cscn2)c1. The molecule has 0 aliphatic carbocycles. The monoisotopic (exact) mass is 262 g/mol. The number of hydrogen-bond acceptors (Lipinski definition) is 5. The van der Waals surface area contributed by atoms with Crippen molar-refractivity contribution in [3.05, 3.63) is 46.4 Å². The van der Waals surface area contributed by atoms with Crippen LogP contribution >= 0.6 is 11.3 Å². The van der Waals surface area contributed by atoms with Gasteiger partial charge in [0.25, 0.3) is 0 Å². The lowest BCUT2D eigenvalue weighted by atomic mass is 10.2. The number of methoxy groups -OCH3 is 1. The van der Waals surface area contributed by atoms with Crippen LogP contribution in [0.1, 0.15) is 29.0 Å². The highest BCUT2D eigenvalue weighted by Crippen LogP contribution is 2.20. The molecule has 2 rings (SSSR count). The summed E-state index contributed by atoms with van der Waals surface area (Å²) in [4.78, 5) is 15.7. The first-order valence-corrected chi connectivity index (χ1v) is 6.48. The lowest BCUT2D eigenvalue weighted by molar-refractivity contribution is 0.0601. The predicted molar refractivity (Wildman–Crippen MR) is 71.9 cm³/mol. The van der Waals surface area contributed by atoms with Crippen LogP contribution in [0.2, 0.25) is 0 Å². The smallest absolute Gasteiger partial charge is 0.337 e. The van der Waals surface area contributed by atoms with Gasteiger partial charge < -0.3 is 10.1 Å². The lowest BCUT2D eigenvalue weighted by Gasteiger charge is -2.13. The van der Waals surface area contributed by atoms with Crippen molar-refractivity contribution >= 4 is 23.0 Å². The highest BCUT2D eigenvalue weighted by Gasteiger charge is 2.09. The summed E-state index contributed by atoms with van der Waals surface area (Å²) in [5, 5.41) is 5.30. The molecular weight excluding hydrogens is 248 g/mol. The summed E-state index contributed by atoms with van der Waals surface area (Å²) in [7, 11) is 1.38. The minimum Gasteiger partial charge on any atom is -0.465 e. The van der Waals surface area contributed by atoms with Gasteiger partial charge in [0.1, 0.15) is 0 Å². The molecule has 0 fully saturated rings. The summed E-state index contributed by atoms with van der Waals surface area (Å²) in [5.41, 5.74) is 4.20. The van der Waals surface area contributed by atoms with Gasteiger partial charge >= 0.3 is 5.97 Å². The van der Waals surface area contributed by atoms with Crippen LogP contribution in [0.15, 0.2) is 35.2 Å². The molecule has 0 aliphatic heterocycles. The molecule has 4 nitrogen and oxygen atoms in total. The minimum absolute atomic E-state index is 0.101. The zero-order valence-electron chi connectivity index (χ0n) is 10.2. The van der Waals surface area contributed by atoms with E-state index >= 15 is 0 Å². The third kappa shape index (κ3) is 2.87. The average Bonchev–Trinajstić information content (AvgIpc) is 2.92. The van der Waals surface area contributed by atoms with E-state index in [0.717, 1.165) is 11.4 Å². The molecule has 0 radical (unpaired) electrons. The fourth-order valence-electron chi connectivity index (χ4n) is 1.61. The predicted octanol–water partition coefficient (Wildman–Crippen LogP) is 3.10. The van der Waals surface area contributed by atoms with E-state index in [0.29, 0.717) is 5.56 Å². The first kappa shape index (κ1) is 12.6. The van der Waals surface area contributed by atoms with Crippen molar-refractivity contribution in [2.24, 2.45) is 0 Å². The number of anilines is 1. The summed E-state index contributed by atoms with van der Waals surface area (Å²) in [6.07, 6.45) is 0. The van der Waals surface area contributed by atoms with Crippen molar-refractivity contribution in [3.8, 4) is 0 Å². The zero-order chi connectivity index (χ0) is 13.0. The van der Waals surface area contributed by atoms with Crippen molar-refractivity contribution in [3.63, 3.8) is 0 Å². The van der Waals surface area contributed by atoms with Crippen molar-refractivity contribution in [1.82, 2.24) is 4.98 Å². The lowest BCUT2D eigenvalue weighted by Crippen LogP contribution is -2.08. The second kappa shape index (κ2) is 5.64. The number of rotatable bonds is 4. The minimum atomic E-state index is -0.333. The fourth-order valence-corrected chi connectivity index (χ4v) is 2.26. The van der Waals surface area contributed by atoms with Gasteiger partial charge in [-0.2, -0.15) is 0 Å². The number of aromatic nitrogens is 1. The molecule has 5 heteroatoms. The van der Waals surface area contributed by atoms with E-state index in [1.165, 1.54) is 7.11 Å². The molecule has 18 heavy (non-hydrogen) atoms. The Bertz CT molecular complexity index is 526. The van der Waals surface area contributed by atoms with Crippen molar-refractivity contribution in [2.75, 3.05) is 12.4 Å². The Hall–Kier alpha value is -1.88. The van der Waals surface area contributed by atoms with Crippen LogP contribution < -0.4 is 5.32 Å². The van der Waals surface area contributed by atoms with Crippen LogP contribution in [0.3, 0.4) is 0 Å². The molecule has 1 heterocycles. The number of benzene rings is 1. The molecule has 1 aromatic heterocycles. The van der Waals surface area contributed by atoms with Gasteiger partial charge in [-0.1, -0.05) is 6.07 Å². The van der Waals surface area contributed by atoms with E-state index < -0.39 is 0 Å². The maximum Gasteiger partial charge on any atom is 0.337 e. The van der Waals surface area contributed by atoms with E-state index in [4.69, 9.17) is 4.74 Å². The Labute approximate surface area is 110 Å². The molecule has 1 unspecified atom stereocenters. The molecule has 1 aromatic carbocycles. The quantitative estimate of drug-likeness (QED) is 0.860. The Balaban J connectivity index is 2.12. The number of nitrogens with one attached hydrogen (secondary N) is 1. The fraction of sp³-hybridized carbons (Fsp3) is 0.231. The molecule has 0 saturated carbocycles. The van der Waals surface area contributed by atoms with E-state index in [-0.39, 0.29) is 12.0 Å². The van der Waals surface area contributed by atoms with Crippen LogP contribution in [0, 0.1) is 0 Å². The number of carbonyl (C=O) groups excluding carboxylic acids is 1. The van der Waals surface area contributed by atoms with Gasteiger partial charge in [0.2, 0.25) is 0 Å². The zero-order valence-corrected chi connectivity index (χ0v) is 11.0. The second-order valence-electron chi connectivity index (χ2n) is 3.85.